The van der Waals surface area contributed by atoms with Gasteiger partial charge in [-0.1, -0.05) is 6.42 Å². The topological polar surface area (TPSA) is 82.3 Å². The summed E-state index contributed by atoms with van der Waals surface area (Å²) >= 11 is 0. The molecule has 2 heterocycles. The molecule has 2 N–H and O–H groups in total. The van der Waals surface area contributed by atoms with E-state index in [1.54, 1.807) is 6.07 Å². The predicted molar refractivity (Wildman–Crippen MR) is 105 cm³/mol. The molecule has 0 bridgehead atoms. The van der Waals surface area contributed by atoms with Gasteiger partial charge in [0.15, 0.2) is 0 Å². The van der Waals surface area contributed by atoms with Crippen LogP contribution in [0.5, 0.6) is 0 Å². The van der Waals surface area contributed by atoms with Gasteiger partial charge in [0, 0.05) is 30.6 Å². The molecule has 6 heteroatoms. The second-order valence-electron chi connectivity index (χ2n) is 9.18. The lowest BCUT2D eigenvalue weighted by Crippen LogP contribution is -2.44. The van der Waals surface area contributed by atoms with Crippen molar-refractivity contribution in [2.75, 3.05) is 13.1 Å². The molecule has 2 atom stereocenters. The Hall–Kier alpha value is -2.11. The lowest BCUT2D eigenvalue weighted by atomic mass is 9.84. The average molecular weight is 383 g/mol. The zero-order valence-electron chi connectivity index (χ0n) is 16.3. The van der Waals surface area contributed by atoms with E-state index in [2.05, 4.69) is 10.3 Å². The quantitative estimate of drug-likeness (QED) is 0.835. The first-order chi connectivity index (χ1) is 13.6. The van der Waals surface area contributed by atoms with E-state index in [9.17, 15) is 14.4 Å². The van der Waals surface area contributed by atoms with Crippen molar-refractivity contribution in [1.82, 2.24) is 15.2 Å². The molecule has 2 amide bonds. The van der Waals surface area contributed by atoms with Gasteiger partial charge in [0.25, 0.3) is 11.5 Å². The summed E-state index contributed by atoms with van der Waals surface area (Å²) < 4.78 is 0. The molecule has 1 aromatic rings. The molecule has 0 aromatic carbocycles. The van der Waals surface area contributed by atoms with Crippen LogP contribution in [0.2, 0.25) is 0 Å². The van der Waals surface area contributed by atoms with Crippen LogP contribution in [0.1, 0.15) is 66.6 Å². The van der Waals surface area contributed by atoms with Crippen molar-refractivity contribution in [3.05, 3.63) is 33.2 Å². The third-order valence-electron chi connectivity index (χ3n) is 7.26. The second-order valence-corrected chi connectivity index (χ2v) is 9.18. The van der Waals surface area contributed by atoms with Crippen LogP contribution in [0.25, 0.3) is 0 Å². The highest BCUT2D eigenvalue weighted by Crippen LogP contribution is 2.42. The fraction of sp³-hybridized carbons (Fsp3) is 0.682. The normalized spacial score (nSPS) is 27.2. The minimum atomic E-state index is -0.290. The van der Waals surface area contributed by atoms with E-state index in [1.807, 2.05) is 4.90 Å². The number of fused-ring (bicyclic) bond motifs is 1. The summed E-state index contributed by atoms with van der Waals surface area (Å²) in [6.07, 6.45) is 9.52. The van der Waals surface area contributed by atoms with E-state index in [0.29, 0.717) is 18.4 Å². The number of aryl methyl sites for hydroxylation is 2. The fourth-order valence-electron chi connectivity index (χ4n) is 5.17. The van der Waals surface area contributed by atoms with Crippen LogP contribution in [0.3, 0.4) is 0 Å². The summed E-state index contributed by atoms with van der Waals surface area (Å²) in [7, 11) is 0. The van der Waals surface area contributed by atoms with Crippen LogP contribution >= 0.6 is 0 Å². The highest BCUT2D eigenvalue weighted by molar-refractivity contribution is 5.94. The molecular weight excluding hydrogens is 354 g/mol. The molecule has 0 radical (unpaired) electrons. The van der Waals surface area contributed by atoms with Crippen LogP contribution in [0.15, 0.2) is 10.9 Å². The van der Waals surface area contributed by atoms with Gasteiger partial charge in [-0.2, -0.15) is 0 Å². The number of pyridine rings is 1. The monoisotopic (exact) mass is 383 g/mol. The van der Waals surface area contributed by atoms with Gasteiger partial charge in [-0.25, -0.2) is 0 Å². The number of nitrogens with one attached hydrogen (secondary N) is 2. The Morgan fingerprint density at radius 2 is 1.82 bits per heavy atom. The highest BCUT2D eigenvalue weighted by atomic mass is 16.2. The molecule has 150 valence electrons. The van der Waals surface area contributed by atoms with Crippen LogP contribution in [0, 0.1) is 17.8 Å². The highest BCUT2D eigenvalue weighted by Gasteiger charge is 2.45. The van der Waals surface area contributed by atoms with Gasteiger partial charge in [-0.3, -0.25) is 14.4 Å². The van der Waals surface area contributed by atoms with Gasteiger partial charge < -0.3 is 15.2 Å². The van der Waals surface area contributed by atoms with Crippen molar-refractivity contribution >= 4 is 11.8 Å². The standard InChI is InChI=1S/C22H29N3O3/c26-20-16(10-15-4-1-2-7-18(15)23-20)21(27)24-19-12-25(11-17(19)13-8-9-13)22(28)14-5-3-6-14/h10,13-14,17,19H,1-9,11-12H2,(H,23,26)(H,24,27)/t17-,19+/m1/s1. The Kier molecular flexibility index (Phi) is 4.52. The first-order valence-electron chi connectivity index (χ1n) is 10.9. The number of rotatable bonds is 4. The summed E-state index contributed by atoms with van der Waals surface area (Å²) in [5, 5.41) is 3.12. The maximum atomic E-state index is 12.9. The second kappa shape index (κ2) is 7.05. The van der Waals surface area contributed by atoms with Crippen LogP contribution < -0.4 is 10.9 Å². The molecule has 1 saturated heterocycles. The van der Waals surface area contributed by atoms with E-state index in [-0.39, 0.29) is 34.9 Å². The zero-order chi connectivity index (χ0) is 19.3. The number of H-pyrrole nitrogens is 1. The summed E-state index contributed by atoms with van der Waals surface area (Å²) in [4.78, 5) is 43.0. The minimum absolute atomic E-state index is 0.0422. The minimum Gasteiger partial charge on any atom is -0.347 e. The molecule has 4 aliphatic rings. The molecule has 2 saturated carbocycles. The van der Waals surface area contributed by atoms with Crippen molar-refractivity contribution < 1.29 is 9.59 Å². The van der Waals surface area contributed by atoms with Gasteiger partial charge in [-0.15, -0.1) is 0 Å². The summed E-state index contributed by atoms with van der Waals surface area (Å²) in [6, 6.07) is 1.75. The molecule has 3 aliphatic carbocycles. The Bertz CT molecular complexity index is 853. The van der Waals surface area contributed by atoms with E-state index >= 15 is 0 Å². The lowest BCUT2D eigenvalue weighted by molar-refractivity contribution is -0.137. The SMILES string of the molecule is O=C(N[C@H]1CN(C(=O)C2CCC2)C[C@@H]1C1CC1)c1cc2c([nH]c1=O)CCCC2. The van der Waals surface area contributed by atoms with E-state index in [4.69, 9.17) is 0 Å². The summed E-state index contributed by atoms with van der Waals surface area (Å²) in [6.45, 7) is 1.34. The van der Waals surface area contributed by atoms with E-state index in [1.165, 1.54) is 12.8 Å². The molecule has 0 spiro atoms. The van der Waals surface area contributed by atoms with Crippen LogP contribution in [0.4, 0.5) is 0 Å². The number of hydrogen-bond donors (Lipinski definition) is 2. The van der Waals surface area contributed by atoms with Crippen molar-refractivity contribution in [3.8, 4) is 0 Å². The molecule has 3 fully saturated rings. The largest absolute Gasteiger partial charge is 0.347 e. The Balaban J connectivity index is 1.32. The number of likely N-dealkylation sites (tertiary alicyclic amines) is 1. The summed E-state index contributed by atoms with van der Waals surface area (Å²) in [5.41, 5.74) is 2.02. The molecule has 28 heavy (non-hydrogen) atoms. The van der Waals surface area contributed by atoms with Crippen molar-refractivity contribution in [1.29, 1.82) is 0 Å². The Morgan fingerprint density at radius 3 is 2.54 bits per heavy atom. The number of carbonyl (C=O) groups excluding carboxylic acids is 2. The molecule has 0 unspecified atom stereocenters. The Morgan fingerprint density at radius 1 is 1.04 bits per heavy atom. The van der Waals surface area contributed by atoms with Crippen LogP contribution in [-0.4, -0.2) is 40.8 Å². The maximum absolute atomic E-state index is 12.9. The number of nitrogens with zero attached hydrogens (tertiary/aromatic N) is 1. The van der Waals surface area contributed by atoms with Crippen LogP contribution in [-0.2, 0) is 17.6 Å². The van der Waals surface area contributed by atoms with Gasteiger partial charge in [0.05, 0.1) is 6.04 Å². The average Bonchev–Trinajstić information content (AvgIpc) is 3.40. The predicted octanol–water partition coefficient (Wildman–Crippen LogP) is 2.02. The molecule has 1 aromatic heterocycles. The molecule has 6 nitrogen and oxygen atoms in total. The lowest BCUT2D eigenvalue weighted by Gasteiger charge is -2.29. The number of hydrogen-bond acceptors (Lipinski definition) is 3. The van der Waals surface area contributed by atoms with Crippen molar-refractivity contribution in [3.63, 3.8) is 0 Å². The van der Waals surface area contributed by atoms with Gasteiger partial charge in [0.1, 0.15) is 5.56 Å². The smallest absolute Gasteiger partial charge is 0.261 e. The van der Waals surface area contributed by atoms with Gasteiger partial charge >= 0.3 is 0 Å². The summed E-state index contributed by atoms with van der Waals surface area (Å²) in [5.74, 6) is 1.09. The number of carbonyl (C=O) groups is 2. The Labute approximate surface area is 165 Å². The fourth-order valence-corrected chi connectivity index (χ4v) is 5.17. The van der Waals surface area contributed by atoms with E-state index < -0.39 is 0 Å². The van der Waals surface area contributed by atoms with Gasteiger partial charge in [-0.05, 0) is 68.9 Å². The third kappa shape index (κ3) is 3.27. The van der Waals surface area contributed by atoms with Crippen molar-refractivity contribution in [2.45, 2.75) is 63.8 Å². The maximum Gasteiger partial charge on any atom is 0.261 e. The molecular formula is C22H29N3O3. The molecule has 5 rings (SSSR count). The first kappa shape index (κ1) is 18.0. The number of amides is 2. The number of aromatic nitrogens is 1. The third-order valence-corrected chi connectivity index (χ3v) is 7.26. The molecule has 1 aliphatic heterocycles. The first-order valence-corrected chi connectivity index (χ1v) is 10.9. The van der Waals surface area contributed by atoms with Gasteiger partial charge in [0.2, 0.25) is 5.91 Å². The van der Waals surface area contributed by atoms with E-state index in [0.717, 1.165) is 62.7 Å². The number of aromatic amines is 1. The zero-order valence-corrected chi connectivity index (χ0v) is 16.3. The van der Waals surface area contributed by atoms with Crippen molar-refractivity contribution in [2.24, 2.45) is 17.8 Å².